The topological polar surface area (TPSA) is 95.3 Å². The number of rotatable bonds is 8. The van der Waals surface area contributed by atoms with Gasteiger partial charge in [-0.3, -0.25) is 9.36 Å². The van der Waals surface area contributed by atoms with E-state index in [-0.39, 0.29) is 13.2 Å². The predicted molar refractivity (Wildman–Crippen MR) is 126 cm³/mol. The number of aliphatic imine (C=N–C) groups is 1. The Kier molecular flexibility index (Phi) is 7.46. The van der Waals surface area contributed by atoms with Crippen molar-refractivity contribution in [3.63, 3.8) is 0 Å². The van der Waals surface area contributed by atoms with Crippen molar-refractivity contribution < 1.29 is 19.0 Å². The summed E-state index contributed by atoms with van der Waals surface area (Å²) in [5.74, 6) is -0.677. The molecule has 1 unspecified atom stereocenters. The molecule has 3 aromatic rings. The maximum absolute atomic E-state index is 13.0. The number of ether oxygens (including phenoxy) is 3. The van der Waals surface area contributed by atoms with E-state index in [2.05, 4.69) is 9.98 Å². The summed E-state index contributed by atoms with van der Waals surface area (Å²) >= 11 is 0. The quantitative estimate of drug-likeness (QED) is 0.289. The normalized spacial score (nSPS) is 17.9. The lowest BCUT2D eigenvalue weighted by Crippen LogP contribution is -2.28. The highest BCUT2D eigenvalue weighted by molar-refractivity contribution is 5.82. The number of hydrogen-bond acceptors (Lipinski definition) is 7. The minimum absolute atomic E-state index is 0.0983. The molecule has 0 aliphatic carbocycles. The minimum Gasteiger partial charge on any atom is -0.460 e. The zero-order chi connectivity index (χ0) is 23.9. The molecule has 176 valence electrons. The van der Waals surface area contributed by atoms with Crippen LogP contribution in [-0.2, 0) is 19.0 Å². The third-order valence-electron chi connectivity index (χ3n) is 5.14. The molecule has 9 heteroatoms. The fourth-order valence-electron chi connectivity index (χ4n) is 3.54. The van der Waals surface area contributed by atoms with E-state index in [1.807, 2.05) is 74.8 Å². The molecule has 2 aromatic carbocycles. The van der Waals surface area contributed by atoms with Crippen molar-refractivity contribution in [2.24, 2.45) is 4.99 Å². The molecule has 0 radical (unpaired) electrons. The molecule has 0 spiro atoms. The highest BCUT2D eigenvalue weighted by atomic mass is 16.7. The predicted octanol–water partition coefficient (Wildman–Crippen LogP) is 2.71. The Labute approximate surface area is 197 Å². The monoisotopic (exact) mass is 462 g/mol. The third-order valence-corrected chi connectivity index (χ3v) is 5.14. The van der Waals surface area contributed by atoms with Crippen LogP contribution in [0.25, 0.3) is 0 Å². The molecule has 0 N–H and O–H groups in total. The molecular weight excluding hydrogens is 436 g/mol. The number of carbonyl (C=O) groups excluding carboxylic acids is 1. The van der Waals surface area contributed by atoms with Gasteiger partial charge in [0.1, 0.15) is 12.5 Å². The summed E-state index contributed by atoms with van der Waals surface area (Å²) in [6.07, 6.45) is 1.65. The molecule has 1 aliphatic rings. The van der Waals surface area contributed by atoms with Crippen LogP contribution in [0.1, 0.15) is 23.3 Å². The first-order chi connectivity index (χ1) is 16.5. The molecule has 1 aliphatic heterocycles. The maximum Gasteiger partial charge on any atom is 0.351 e. The van der Waals surface area contributed by atoms with Gasteiger partial charge in [-0.1, -0.05) is 60.7 Å². The number of carbonyl (C=O) groups is 1. The summed E-state index contributed by atoms with van der Waals surface area (Å²) in [4.78, 5) is 35.2. The first kappa shape index (κ1) is 23.3. The summed E-state index contributed by atoms with van der Waals surface area (Å²) in [7, 11) is 3.65. The van der Waals surface area contributed by atoms with Crippen LogP contribution < -0.4 is 5.69 Å². The van der Waals surface area contributed by atoms with E-state index in [9.17, 15) is 9.59 Å². The Bertz CT molecular complexity index is 1140. The summed E-state index contributed by atoms with van der Waals surface area (Å²) in [6.45, 7) is 0.0316. The fourth-order valence-corrected chi connectivity index (χ4v) is 3.54. The van der Waals surface area contributed by atoms with Gasteiger partial charge >= 0.3 is 11.7 Å². The van der Waals surface area contributed by atoms with E-state index < -0.39 is 30.1 Å². The summed E-state index contributed by atoms with van der Waals surface area (Å²) in [5.41, 5.74) is 1.16. The fraction of sp³-hybridized carbons (Fsp3) is 0.280. The van der Waals surface area contributed by atoms with Gasteiger partial charge in [-0.2, -0.15) is 4.98 Å². The highest BCUT2D eigenvalue weighted by Crippen LogP contribution is 2.27. The van der Waals surface area contributed by atoms with Crippen LogP contribution in [0.15, 0.2) is 82.7 Å². The van der Waals surface area contributed by atoms with Gasteiger partial charge in [-0.15, -0.1) is 0 Å². The Balaban J connectivity index is 1.39. The van der Waals surface area contributed by atoms with E-state index in [0.29, 0.717) is 5.82 Å². The Morgan fingerprint density at radius 1 is 1.15 bits per heavy atom. The Morgan fingerprint density at radius 3 is 2.38 bits per heavy atom. The largest absolute Gasteiger partial charge is 0.460 e. The zero-order valence-electron chi connectivity index (χ0n) is 19.0. The summed E-state index contributed by atoms with van der Waals surface area (Å²) < 4.78 is 18.3. The molecule has 1 fully saturated rings. The molecule has 0 saturated carbocycles. The SMILES string of the molecule is CN(C)C=Nc1ccn([C@@H]2COC(COC(=O)C(c3ccccc3)c3ccccc3)O2)c(=O)n1. The lowest BCUT2D eigenvalue weighted by atomic mass is 9.91. The van der Waals surface area contributed by atoms with E-state index in [4.69, 9.17) is 14.2 Å². The molecule has 0 amide bonds. The summed E-state index contributed by atoms with van der Waals surface area (Å²) in [5, 5.41) is 0. The standard InChI is InChI=1S/C25H26N4O5/c1-28(2)17-26-20-13-14-29(25(31)27-20)21-15-32-22(34-21)16-33-24(30)23(18-9-5-3-6-10-18)19-11-7-4-8-12-19/h3-14,17,21-23H,15-16H2,1-2H3/t21-,22?/m0/s1. The summed E-state index contributed by atoms with van der Waals surface area (Å²) in [6, 6.07) is 20.5. The molecule has 0 bridgehead atoms. The number of hydrogen-bond donors (Lipinski definition) is 0. The third kappa shape index (κ3) is 5.75. The number of aromatic nitrogens is 2. The van der Waals surface area contributed by atoms with Crippen molar-refractivity contribution in [3.8, 4) is 0 Å². The first-order valence-electron chi connectivity index (χ1n) is 10.8. The molecule has 1 saturated heterocycles. The second-order valence-electron chi connectivity index (χ2n) is 7.92. The van der Waals surface area contributed by atoms with E-state index in [0.717, 1.165) is 11.1 Å². The van der Waals surface area contributed by atoms with Gasteiger partial charge in [0.25, 0.3) is 0 Å². The molecule has 1 aromatic heterocycles. The van der Waals surface area contributed by atoms with Crippen LogP contribution >= 0.6 is 0 Å². The molecule has 4 rings (SSSR count). The second-order valence-corrected chi connectivity index (χ2v) is 7.92. The average molecular weight is 463 g/mol. The van der Waals surface area contributed by atoms with Crippen molar-refractivity contribution in [1.82, 2.24) is 14.5 Å². The van der Waals surface area contributed by atoms with Crippen LogP contribution in [0.4, 0.5) is 5.82 Å². The van der Waals surface area contributed by atoms with Crippen LogP contribution in [-0.4, -0.2) is 60.4 Å². The van der Waals surface area contributed by atoms with Crippen LogP contribution in [0.3, 0.4) is 0 Å². The molecular formula is C25H26N4O5. The molecule has 34 heavy (non-hydrogen) atoms. The minimum atomic E-state index is -0.792. The molecule has 9 nitrogen and oxygen atoms in total. The lowest BCUT2D eigenvalue weighted by molar-refractivity contribution is -0.160. The Hall–Kier alpha value is -3.82. The van der Waals surface area contributed by atoms with Gasteiger partial charge in [-0.25, -0.2) is 9.79 Å². The molecule has 2 heterocycles. The van der Waals surface area contributed by atoms with Crippen molar-refractivity contribution in [1.29, 1.82) is 0 Å². The van der Waals surface area contributed by atoms with Crippen LogP contribution in [0.5, 0.6) is 0 Å². The van der Waals surface area contributed by atoms with Crippen LogP contribution in [0.2, 0.25) is 0 Å². The van der Waals surface area contributed by atoms with Gasteiger partial charge < -0.3 is 19.1 Å². The Morgan fingerprint density at radius 2 is 1.79 bits per heavy atom. The second kappa shape index (κ2) is 10.9. The van der Waals surface area contributed by atoms with Crippen molar-refractivity contribution in [2.75, 3.05) is 27.3 Å². The molecule has 2 atom stereocenters. The van der Waals surface area contributed by atoms with Crippen molar-refractivity contribution >= 4 is 18.1 Å². The number of nitrogens with zero attached hydrogens (tertiary/aromatic N) is 4. The van der Waals surface area contributed by atoms with Gasteiger partial charge in [0.2, 0.25) is 0 Å². The van der Waals surface area contributed by atoms with Gasteiger partial charge in [0.15, 0.2) is 18.3 Å². The van der Waals surface area contributed by atoms with Crippen molar-refractivity contribution in [3.05, 3.63) is 94.5 Å². The average Bonchev–Trinajstić information content (AvgIpc) is 3.32. The zero-order valence-corrected chi connectivity index (χ0v) is 19.0. The number of esters is 1. The van der Waals surface area contributed by atoms with E-state index in [1.165, 1.54) is 4.57 Å². The van der Waals surface area contributed by atoms with Crippen molar-refractivity contribution in [2.45, 2.75) is 18.4 Å². The van der Waals surface area contributed by atoms with Crippen LogP contribution in [0, 0.1) is 0 Å². The smallest absolute Gasteiger partial charge is 0.351 e. The van der Waals surface area contributed by atoms with E-state index >= 15 is 0 Å². The van der Waals surface area contributed by atoms with Gasteiger partial charge in [-0.05, 0) is 17.2 Å². The van der Waals surface area contributed by atoms with Gasteiger partial charge in [0.05, 0.1) is 12.9 Å². The van der Waals surface area contributed by atoms with E-state index in [1.54, 1.807) is 23.5 Å². The highest BCUT2D eigenvalue weighted by Gasteiger charge is 2.31. The van der Waals surface area contributed by atoms with Gasteiger partial charge in [0, 0.05) is 20.3 Å². The maximum atomic E-state index is 13.0. The first-order valence-corrected chi connectivity index (χ1v) is 10.8. The number of benzene rings is 2. The lowest BCUT2D eigenvalue weighted by Gasteiger charge is -2.18.